The standard InChI is InChI=1S/C28H28F3N5O3/c1-16(32)25-24(26(37)33-15-17-5-7-18(8-6-17)36-13-3-4-14-36)35-27(39-25)20-9-11-21(38-2)23-19(20)10-12-22(34-23)28(29,30)31/h5-12,16H,3-4,13-15,32H2,1-2H3,(H,33,37)/t16-/m0/s1. The van der Waals surface area contributed by atoms with Gasteiger partial charge in [0.05, 0.1) is 13.2 Å². The van der Waals surface area contributed by atoms with Gasteiger partial charge in [0.1, 0.15) is 17.0 Å². The van der Waals surface area contributed by atoms with Gasteiger partial charge in [-0.3, -0.25) is 4.79 Å². The summed E-state index contributed by atoms with van der Waals surface area (Å²) in [5.41, 5.74) is 7.46. The number of nitrogens with zero attached hydrogens (tertiary/aromatic N) is 3. The van der Waals surface area contributed by atoms with Crippen molar-refractivity contribution >= 4 is 22.5 Å². The second-order valence-corrected chi connectivity index (χ2v) is 9.47. The van der Waals surface area contributed by atoms with Gasteiger partial charge in [0, 0.05) is 36.3 Å². The predicted octanol–water partition coefficient (Wildman–Crippen LogP) is 5.47. The highest BCUT2D eigenvalue weighted by atomic mass is 19.4. The summed E-state index contributed by atoms with van der Waals surface area (Å²) in [5.74, 6) is -0.115. The number of hydrogen-bond donors (Lipinski definition) is 2. The molecule has 3 heterocycles. The van der Waals surface area contributed by atoms with E-state index < -0.39 is 23.8 Å². The lowest BCUT2D eigenvalue weighted by atomic mass is 10.1. The average Bonchev–Trinajstić information content (AvgIpc) is 3.62. The highest BCUT2D eigenvalue weighted by Crippen LogP contribution is 2.37. The number of ether oxygens (including phenoxy) is 1. The minimum absolute atomic E-state index is 0.00579. The molecule has 5 rings (SSSR count). The Morgan fingerprint density at radius 2 is 1.82 bits per heavy atom. The molecule has 8 nitrogen and oxygen atoms in total. The van der Waals surface area contributed by atoms with Crippen LogP contribution < -0.4 is 20.7 Å². The summed E-state index contributed by atoms with van der Waals surface area (Å²) in [6.07, 6.45) is -2.24. The number of alkyl halides is 3. The van der Waals surface area contributed by atoms with Crippen molar-refractivity contribution in [1.82, 2.24) is 15.3 Å². The summed E-state index contributed by atoms with van der Waals surface area (Å²) in [7, 11) is 1.35. The van der Waals surface area contributed by atoms with Crippen LogP contribution in [-0.2, 0) is 12.7 Å². The van der Waals surface area contributed by atoms with E-state index in [0.717, 1.165) is 30.4 Å². The van der Waals surface area contributed by atoms with Gasteiger partial charge in [0.2, 0.25) is 5.89 Å². The fourth-order valence-electron chi connectivity index (χ4n) is 4.69. The Bertz CT molecular complexity index is 1490. The van der Waals surface area contributed by atoms with Gasteiger partial charge in [-0.15, -0.1) is 0 Å². The number of methoxy groups -OCH3 is 1. The molecule has 0 bridgehead atoms. The third-order valence-electron chi connectivity index (χ3n) is 6.70. The Labute approximate surface area is 223 Å². The summed E-state index contributed by atoms with van der Waals surface area (Å²) in [6, 6.07) is 12.6. The normalized spacial score (nSPS) is 14.6. The van der Waals surface area contributed by atoms with Crippen LogP contribution >= 0.6 is 0 Å². The molecule has 11 heteroatoms. The van der Waals surface area contributed by atoms with E-state index in [-0.39, 0.29) is 35.2 Å². The van der Waals surface area contributed by atoms with Crippen molar-refractivity contribution in [1.29, 1.82) is 0 Å². The van der Waals surface area contributed by atoms with Crippen molar-refractivity contribution < 1.29 is 27.1 Å². The van der Waals surface area contributed by atoms with Crippen LogP contribution in [0.25, 0.3) is 22.4 Å². The van der Waals surface area contributed by atoms with Gasteiger partial charge >= 0.3 is 6.18 Å². The molecule has 204 valence electrons. The predicted molar refractivity (Wildman–Crippen MR) is 140 cm³/mol. The van der Waals surface area contributed by atoms with Crippen LogP contribution in [0.1, 0.15) is 53.3 Å². The number of oxazole rings is 1. The summed E-state index contributed by atoms with van der Waals surface area (Å²) in [4.78, 5) is 23.6. The number of aromatic nitrogens is 2. The van der Waals surface area contributed by atoms with Crippen LogP contribution in [0.5, 0.6) is 5.75 Å². The molecule has 1 atom stereocenters. The molecule has 1 amide bonds. The van der Waals surface area contributed by atoms with E-state index in [0.29, 0.717) is 10.9 Å². The zero-order chi connectivity index (χ0) is 27.7. The first-order chi connectivity index (χ1) is 18.7. The maximum absolute atomic E-state index is 13.3. The molecule has 1 aliphatic rings. The summed E-state index contributed by atoms with van der Waals surface area (Å²) in [6.45, 7) is 4.03. The fraction of sp³-hybridized carbons (Fsp3) is 0.321. The van der Waals surface area contributed by atoms with Gasteiger partial charge in [-0.1, -0.05) is 12.1 Å². The quantitative estimate of drug-likeness (QED) is 0.321. The van der Waals surface area contributed by atoms with Crippen molar-refractivity contribution in [2.45, 2.75) is 38.5 Å². The molecule has 1 fully saturated rings. The molecule has 0 unspecified atom stereocenters. The molecule has 4 aromatic rings. The molecule has 2 aromatic heterocycles. The number of pyridine rings is 1. The third kappa shape index (κ3) is 5.40. The maximum Gasteiger partial charge on any atom is 0.433 e. The van der Waals surface area contributed by atoms with Crippen molar-refractivity contribution in [3.05, 3.63) is 71.2 Å². The average molecular weight is 540 g/mol. The summed E-state index contributed by atoms with van der Waals surface area (Å²) in [5, 5.41) is 3.18. The number of carbonyl (C=O) groups excluding carboxylic acids is 1. The molecule has 0 radical (unpaired) electrons. The van der Waals surface area contributed by atoms with E-state index >= 15 is 0 Å². The Morgan fingerprint density at radius 1 is 1.10 bits per heavy atom. The zero-order valence-corrected chi connectivity index (χ0v) is 21.5. The SMILES string of the molecule is COc1ccc(-c2nc(C(=O)NCc3ccc(N4CCCC4)cc3)c([C@H](C)N)o2)c2ccc(C(F)(F)F)nc12. The topological polar surface area (TPSA) is 107 Å². The number of halogens is 3. The molecule has 1 aliphatic heterocycles. The number of nitrogens with one attached hydrogen (secondary N) is 1. The lowest BCUT2D eigenvalue weighted by Crippen LogP contribution is -2.25. The Hall–Kier alpha value is -4.12. The number of carbonyl (C=O) groups is 1. The molecule has 2 aromatic carbocycles. The fourth-order valence-corrected chi connectivity index (χ4v) is 4.69. The van der Waals surface area contributed by atoms with E-state index in [1.165, 1.54) is 32.1 Å². The number of amides is 1. The van der Waals surface area contributed by atoms with Crippen LogP contribution in [0.15, 0.2) is 52.9 Å². The second-order valence-electron chi connectivity index (χ2n) is 9.47. The zero-order valence-electron chi connectivity index (χ0n) is 21.5. The van der Waals surface area contributed by atoms with Crippen LogP contribution in [0, 0.1) is 0 Å². The van der Waals surface area contributed by atoms with Gasteiger partial charge in [0.15, 0.2) is 11.5 Å². The first kappa shape index (κ1) is 26.5. The van der Waals surface area contributed by atoms with E-state index in [1.807, 2.05) is 24.3 Å². The van der Waals surface area contributed by atoms with E-state index in [1.54, 1.807) is 13.0 Å². The number of rotatable bonds is 7. The van der Waals surface area contributed by atoms with Gasteiger partial charge in [-0.05, 0) is 61.7 Å². The molecule has 0 spiro atoms. The van der Waals surface area contributed by atoms with Crippen LogP contribution in [-0.4, -0.2) is 36.1 Å². The molecule has 0 aliphatic carbocycles. The Kier molecular flexibility index (Phi) is 7.17. The summed E-state index contributed by atoms with van der Waals surface area (Å²) >= 11 is 0. The molecule has 39 heavy (non-hydrogen) atoms. The lowest BCUT2D eigenvalue weighted by molar-refractivity contribution is -0.140. The Morgan fingerprint density at radius 3 is 2.46 bits per heavy atom. The molecular formula is C28H28F3N5O3. The van der Waals surface area contributed by atoms with Crippen molar-refractivity contribution in [3.8, 4) is 17.2 Å². The molecule has 0 saturated carbocycles. The molecule has 3 N–H and O–H groups in total. The van der Waals surface area contributed by atoms with Crippen molar-refractivity contribution in [3.63, 3.8) is 0 Å². The monoisotopic (exact) mass is 539 g/mol. The minimum atomic E-state index is -4.62. The van der Waals surface area contributed by atoms with Crippen molar-refractivity contribution in [2.24, 2.45) is 5.73 Å². The lowest BCUT2D eigenvalue weighted by Gasteiger charge is -2.17. The van der Waals surface area contributed by atoms with Gasteiger partial charge in [-0.2, -0.15) is 13.2 Å². The van der Waals surface area contributed by atoms with Crippen LogP contribution in [0.2, 0.25) is 0 Å². The van der Waals surface area contributed by atoms with Crippen LogP contribution in [0.4, 0.5) is 18.9 Å². The van der Waals surface area contributed by atoms with Crippen LogP contribution in [0.3, 0.4) is 0 Å². The number of hydrogen-bond acceptors (Lipinski definition) is 7. The van der Waals surface area contributed by atoms with Gasteiger partial charge in [-0.25, -0.2) is 9.97 Å². The van der Waals surface area contributed by atoms with E-state index in [4.69, 9.17) is 14.9 Å². The molecular weight excluding hydrogens is 511 g/mol. The first-order valence-corrected chi connectivity index (χ1v) is 12.6. The second kappa shape index (κ2) is 10.6. The Balaban J connectivity index is 1.42. The van der Waals surface area contributed by atoms with Gasteiger partial charge < -0.3 is 25.1 Å². The smallest absolute Gasteiger partial charge is 0.433 e. The number of fused-ring (bicyclic) bond motifs is 1. The summed E-state index contributed by atoms with van der Waals surface area (Å²) < 4.78 is 51.0. The minimum Gasteiger partial charge on any atom is -0.494 e. The van der Waals surface area contributed by atoms with Gasteiger partial charge in [0.25, 0.3) is 5.91 Å². The highest BCUT2D eigenvalue weighted by molar-refractivity contribution is 5.98. The number of anilines is 1. The third-order valence-corrected chi connectivity index (χ3v) is 6.70. The first-order valence-electron chi connectivity index (χ1n) is 12.6. The van der Waals surface area contributed by atoms with Crippen molar-refractivity contribution in [2.75, 3.05) is 25.1 Å². The number of nitrogens with two attached hydrogens (primary N) is 1. The van der Waals surface area contributed by atoms with E-state index in [9.17, 15) is 18.0 Å². The maximum atomic E-state index is 13.3. The number of benzene rings is 2. The highest BCUT2D eigenvalue weighted by Gasteiger charge is 2.33. The van der Waals surface area contributed by atoms with E-state index in [2.05, 4.69) is 20.2 Å². The largest absolute Gasteiger partial charge is 0.494 e. The molecule has 1 saturated heterocycles.